The van der Waals surface area contributed by atoms with Crippen molar-refractivity contribution in [1.82, 2.24) is 5.32 Å². The summed E-state index contributed by atoms with van der Waals surface area (Å²) in [6, 6.07) is 16.7. The van der Waals surface area contributed by atoms with E-state index in [9.17, 15) is 9.59 Å². The standard InChI is InChI=1S/C23H27NO4/c1-23(2,3)22(26)28-20(15-10-6-5-7-11-15)19-17-13-9-8-12-16(17)14-18(24-19)21(25)27-4/h5-13,18-20,24H,14H2,1-4H3. The molecule has 0 saturated heterocycles. The van der Waals surface area contributed by atoms with Crippen molar-refractivity contribution in [3.05, 3.63) is 71.3 Å². The zero-order valence-corrected chi connectivity index (χ0v) is 16.8. The third-order valence-corrected chi connectivity index (χ3v) is 4.96. The van der Waals surface area contributed by atoms with E-state index in [4.69, 9.17) is 9.47 Å². The summed E-state index contributed by atoms with van der Waals surface area (Å²) in [5, 5.41) is 3.36. The van der Waals surface area contributed by atoms with Gasteiger partial charge < -0.3 is 9.47 Å². The summed E-state index contributed by atoms with van der Waals surface area (Å²) in [7, 11) is 1.38. The average Bonchev–Trinajstić information content (AvgIpc) is 2.70. The molecule has 0 spiro atoms. The molecule has 5 nitrogen and oxygen atoms in total. The predicted molar refractivity (Wildman–Crippen MR) is 107 cm³/mol. The Morgan fingerprint density at radius 3 is 2.32 bits per heavy atom. The monoisotopic (exact) mass is 381 g/mol. The molecule has 0 fully saturated rings. The first kappa shape index (κ1) is 20.1. The van der Waals surface area contributed by atoms with Gasteiger partial charge in [-0.25, -0.2) is 0 Å². The number of hydrogen-bond donors (Lipinski definition) is 1. The quantitative estimate of drug-likeness (QED) is 0.818. The highest BCUT2D eigenvalue weighted by molar-refractivity contribution is 5.77. The highest BCUT2D eigenvalue weighted by atomic mass is 16.5. The van der Waals surface area contributed by atoms with Crippen LogP contribution < -0.4 is 5.32 Å². The molecular formula is C23H27NO4. The van der Waals surface area contributed by atoms with Crippen LogP contribution in [-0.4, -0.2) is 25.1 Å². The maximum Gasteiger partial charge on any atom is 0.323 e. The molecule has 148 valence electrons. The van der Waals surface area contributed by atoms with E-state index in [0.29, 0.717) is 6.42 Å². The van der Waals surface area contributed by atoms with Crippen LogP contribution in [0.25, 0.3) is 0 Å². The van der Waals surface area contributed by atoms with Gasteiger partial charge >= 0.3 is 11.9 Å². The number of hydrogen-bond acceptors (Lipinski definition) is 5. The summed E-state index contributed by atoms with van der Waals surface area (Å²) in [4.78, 5) is 25.0. The van der Waals surface area contributed by atoms with Crippen LogP contribution in [0, 0.1) is 5.41 Å². The maximum atomic E-state index is 12.7. The van der Waals surface area contributed by atoms with Crippen LogP contribution in [0.3, 0.4) is 0 Å². The van der Waals surface area contributed by atoms with Crippen LogP contribution in [0.2, 0.25) is 0 Å². The van der Waals surface area contributed by atoms with Crippen molar-refractivity contribution in [3.8, 4) is 0 Å². The van der Waals surface area contributed by atoms with Gasteiger partial charge in [-0.2, -0.15) is 0 Å². The molecule has 3 atom stereocenters. The van der Waals surface area contributed by atoms with Crippen LogP contribution >= 0.6 is 0 Å². The molecule has 0 aliphatic carbocycles. The van der Waals surface area contributed by atoms with E-state index < -0.39 is 17.6 Å². The Kier molecular flexibility index (Phi) is 5.84. The Labute approximate surface area is 166 Å². The molecule has 3 rings (SSSR count). The molecule has 3 unspecified atom stereocenters. The Morgan fingerprint density at radius 2 is 1.68 bits per heavy atom. The third-order valence-electron chi connectivity index (χ3n) is 4.96. The first-order valence-corrected chi connectivity index (χ1v) is 9.49. The van der Waals surface area contributed by atoms with Crippen molar-refractivity contribution >= 4 is 11.9 Å². The first-order chi connectivity index (χ1) is 13.3. The molecule has 0 amide bonds. The van der Waals surface area contributed by atoms with E-state index in [2.05, 4.69) is 5.32 Å². The van der Waals surface area contributed by atoms with Crippen LogP contribution in [0.15, 0.2) is 54.6 Å². The van der Waals surface area contributed by atoms with Gasteiger partial charge in [-0.15, -0.1) is 0 Å². The molecule has 2 aromatic rings. The second kappa shape index (κ2) is 8.15. The fourth-order valence-corrected chi connectivity index (χ4v) is 3.42. The lowest BCUT2D eigenvalue weighted by atomic mass is 9.85. The van der Waals surface area contributed by atoms with Crippen LogP contribution in [0.4, 0.5) is 0 Å². The summed E-state index contributed by atoms with van der Waals surface area (Å²) in [6.07, 6.45) is -0.0322. The molecular weight excluding hydrogens is 354 g/mol. The highest BCUT2D eigenvalue weighted by Crippen LogP contribution is 2.38. The van der Waals surface area contributed by atoms with E-state index in [1.54, 1.807) is 0 Å². The van der Waals surface area contributed by atoms with E-state index in [1.165, 1.54) is 7.11 Å². The topological polar surface area (TPSA) is 64.6 Å². The lowest BCUT2D eigenvalue weighted by Crippen LogP contribution is -2.47. The molecule has 1 heterocycles. The van der Waals surface area contributed by atoms with Gasteiger partial charge in [0.1, 0.15) is 12.1 Å². The molecule has 1 aliphatic rings. The average molecular weight is 381 g/mol. The van der Waals surface area contributed by atoms with Crippen LogP contribution in [0.5, 0.6) is 0 Å². The van der Waals surface area contributed by atoms with Crippen molar-refractivity contribution in [2.24, 2.45) is 5.41 Å². The van der Waals surface area contributed by atoms with Gasteiger partial charge in [0.2, 0.25) is 0 Å². The summed E-state index contributed by atoms with van der Waals surface area (Å²) >= 11 is 0. The number of benzene rings is 2. The van der Waals surface area contributed by atoms with Gasteiger partial charge in [0, 0.05) is 0 Å². The fourth-order valence-electron chi connectivity index (χ4n) is 3.42. The molecule has 0 bridgehead atoms. The molecule has 28 heavy (non-hydrogen) atoms. The van der Waals surface area contributed by atoms with Crippen molar-refractivity contribution in [3.63, 3.8) is 0 Å². The molecule has 2 aromatic carbocycles. The predicted octanol–water partition coefficient (Wildman–Crippen LogP) is 3.75. The summed E-state index contributed by atoms with van der Waals surface area (Å²) in [6.45, 7) is 5.49. The molecule has 5 heteroatoms. The van der Waals surface area contributed by atoms with Gasteiger partial charge in [0.05, 0.1) is 18.6 Å². The van der Waals surface area contributed by atoms with E-state index >= 15 is 0 Å². The number of ether oxygens (including phenoxy) is 2. The number of carbonyl (C=O) groups excluding carboxylic acids is 2. The highest BCUT2D eigenvalue weighted by Gasteiger charge is 2.39. The normalized spacial score (nSPS) is 20.0. The van der Waals surface area contributed by atoms with E-state index in [1.807, 2.05) is 75.4 Å². The first-order valence-electron chi connectivity index (χ1n) is 9.49. The van der Waals surface area contributed by atoms with Gasteiger partial charge in [0.25, 0.3) is 0 Å². The zero-order valence-electron chi connectivity index (χ0n) is 16.8. The van der Waals surface area contributed by atoms with Gasteiger partial charge in [0.15, 0.2) is 0 Å². The van der Waals surface area contributed by atoms with Gasteiger partial charge in [-0.05, 0) is 43.9 Å². The van der Waals surface area contributed by atoms with Gasteiger partial charge in [-0.1, -0.05) is 54.6 Å². The molecule has 0 aromatic heterocycles. The Bertz CT molecular complexity index is 841. The van der Waals surface area contributed by atoms with Crippen molar-refractivity contribution < 1.29 is 19.1 Å². The molecule has 1 aliphatic heterocycles. The summed E-state index contributed by atoms with van der Waals surface area (Å²) < 4.78 is 11.0. The summed E-state index contributed by atoms with van der Waals surface area (Å²) in [5.74, 6) is -0.616. The number of methoxy groups -OCH3 is 1. The Morgan fingerprint density at radius 1 is 1.04 bits per heavy atom. The minimum atomic E-state index is -0.636. The maximum absolute atomic E-state index is 12.7. The largest absolute Gasteiger partial charge is 0.468 e. The molecule has 1 N–H and O–H groups in total. The third kappa shape index (κ3) is 4.25. The minimum Gasteiger partial charge on any atom is -0.468 e. The molecule has 0 saturated carbocycles. The minimum absolute atomic E-state index is 0.291. The number of rotatable bonds is 4. The number of nitrogens with one attached hydrogen (secondary N) is 1. The fraction of sp³-hybridized carbons (Fsp3) is 0.391. The Balaban J connectivity index is 2.04. The smallest absolute Gasteiger partial charge is 0.323 e. The van der Waals surface area contributed by atoms with Crippen molar-refractivity contribution in [2.75, 3.05) is 7.11 Å². The summed E-state index contributed by atoms with van der Waals surface area (Å²) in [5.41, 5.74) is 2.31. The second-order valence-corrected chi connectivity index (χ2v) is 8.11. The number of fused-ring (bicyclic) bond motifs is 1. The van der Waals surface area contributed by atoms with Crippen molar-refractivity contribution in [1.29, 1.82) is 0 Å². The number of esters is 2. The SMILES string of the molecule is COC(=O)C1Cc2ccccc2C(C(OC(=O)C(C)(C)C)c2ccccc2)N1. The second-order valence-electron chi connectivity index (χ2n) is 8.11. The Hall–Kier alpha value is -2.66. The zero-order chi connectivity index (χ0) is 20.3. The lowest BCUT2D eigenvalue weighted by molar-refractivity contribution is -0.161. The van der Waals surface area contributed by atoms with Gasteiger partial charge in [-0.3, -0.25) is 14.9 Å². The van der Waals surface area contributed by atoms with Crippen LogP contribution in [0.1, 0.15) is 49.6 Å². The number of carbonyl (C=O) groups is 2. The lowest BCUT2D eigenvalue weighted by Gasteiger charge is -2.37. The van der Waals surface area contributed by atoms with Crippen molar-refractivity contribution in [2.45, 2.75) is 45.4 Å². The van der Waals surface area contributed by atoms with E-state index in [0.717, 1.165) is 16.7 Å². The molecule has 0 radical (unpaired) electrons. The van der Waals surface area contributed by atoms with Crippen LogP contribution in [-0.2, 0) is 25.5 Å². The van der Waals surface area contributed by atoms with E-state index in [-0.39, 0.29) is 18.0 Å².